The van der Waals surface area contributed by atoms with E-state index in [1.54, 1.807) is 0 Å². The van der Waals surface area contributed by atoms with Gasteiger partial charge in [-0.25, -0.2) is 0 Å². The van der Waals surface area contributed by atoms with Crippen molar-refractivity contribution in [1.29, 1.82) is 0 Å². The summed E-state index contributed by atoms with van der Waals surface area (Å²) in [7, 11) is 0. The Balaban J connectivity index is 2.64. The van der Waals surface area contributed by atoms with Gasteiger partial charge >= 0.3 is 0 Å². The minimum absolute atomic E-state index is 0.269. The highest BCUT2D eigenvalue weighted by Gasteiger charge is 2.21. The van der Waals surface area contributed by atoms with Gasteiger partial charge in [-0.3, -0.25) is 0 Å². The fraction of sp³-hybridized carbons (Fsp3) is 0.538. The molecule has 0 heterocycles. The van der Waals surface area contributed by atoms with E-state index < -0.39 is 0 Å². The van der Waals surface area contributed by atoms with Gasteiger partial charge in [-0.2, -0.15) is 0 Å². The molecule has 0 saturated heterocycles. The van der Waals surface area contributed by atoms with Crippen LogP contribution in [0.4, 0.5) is 0 Å². The number of alkyl halides is 1. The number of aryl methyl sites for hydroxylation is 1. The highest BCUT2D eigenvalue weighted by molar-refractivity contribution is 9.09. The van der Waals surface area contributed by atoms with Gasteiger partial charge in [-0.15, -0.1) is 0 Å². The van der Waals surface area contributed by atoms with Gasteiger partial charge < -0.3 is 0 Å². The molecule has 0 aliphatic carbocycles. The maximum Gasteiger partial charge on any atom is 0.0439 e. The van der Waals surface area contributed by atoms with Gasteiger partial charge in [0.15, 0.2) is 0 Å². The predicted octanol–water partition coefficient (Wildman–Crippen LogP) is 5.74. The third kappa shape index (κ3) is 4.27. The zero-order valence-electron chi connectivity index (χ0n) is 9.86. The molecule has 1 aromatic carbocycles. The quantitative estimate of drug-likeness (QED) is 0.622. The monoisotopic (exact) mass is 322 g/mol. The van der Waals surface area contributed by atoms with Gasteiger partial charge in [0, 0.05) is 14.9 Å². The molecule has 0 bridgehead atoms. The van der Waals surface area contributed by atoms with Crippen molar-refractivity contribution in [2.75, 3.05) is 0 Å². The Hall–Kier alpha value is 0.280. The van der Waals surface area contributed by atoms with Crippen LogP contribution in [0.1, 0.15) is 32.8 Å². The lowest BCUT2D eigenvalue weighted by Gasteiger charge is -2.25. The van der Waals surface area contributed by atoms with Gasteiger partial charge in [-0.05, 0) is 42.0 Å². The summed E-state index contributed by atoms with van der Waals surface area (Å²) in [5.74, 6) is 0. The van der Waals surface area contributed by atoms with Crippen LogP contribution in [-0.2, 0) is 6.42 Å². The van der Waals surface area contributed by atoms with Crippen LogP contribution >= 0.6 is 39.1 Å². The first-order chi connectivity index (χ1) is 7.30. The summed E-state index contributed by atoms with van der Waals surface area (Å²) in [5, 5.41) is 1.55. The molecule has 0 aromatic heterocycles. The topological polar surface area (TPSA) is 0 Å². The van der Waals surface area contributed by atoms with Gasteiger partial charge in [0.2, 0.25) is 0 Å². The first-order valence-electron chi connectivity index (χ1n) is 5.38. The van der Waals surface area contributed by atoms with Crippen LogP contribution < -0.4 is 0 Å². The summed E-state index contributed by atoms with van der Waals surface area (Å²) in [6, 6.07) is 5.63. The van der Waals surface area contributed by atoms with Crippen molar-refractivity contribution in [2.45, 2.75) is 38.4 Å². The van der Waals surface area contributed by atoms with Crippen LogP contribution in [0.15, 0.2) is 18.2 Å². The highest BCUT2D eigenvalue weighted by atomic mass is 79.9. The molecule has 3 heteroatoms. The van der Waals surface area contributed by atoms with E-state index in [0.717, 1.165) is 28.5 Å². The molecule has 0 saturated carbocycles. The molecule has 0 radical (unpaired) electrons. The van der Waals surface area contributed by atoms with Crippen molar-refractivity contribution in [3.8, 4) is 0 Å². The van der Waals surface area contributed by atoms with Crippen LogP contribution in [0.3, 0.4) is 0 Å². The van der Waals surface area contributed by atoms with Crippen molar-refractivity contribution in [2.24, 2.45) is 5.41 Å². The van der Waals surface area contributed by atoms with E-state index in [9.17, 15) is 0 Å². The molecule has 90 valence electrons. The lowest BCUT2D eigenvalue weighted by molar-refractivity contribution is 0.386. The molecule has 0 amide bonds. The largest absolute Gasteiger partial charge is 0.0885 e. The zero-order valence-corrected chi connectivity index (χ0v) is 13.0. The second-order valence-electron chi connectivity index (χ2n) is 5.11. The summed E-state index contributed by atoms with van der Waals surface area (Å²) in [4.78, 5) is 0.482. The van der Waals surface area contributed by atoms with Gasteiger partial charge in [0.25, 0.3) is 0 Å². The average molecular weight is 324 g/mol. The van der Waals surface area contributed by atoms with Crippen molar-refractivity contribution < 1.29 is 0 Å². The maximum absolute atomic E-state index is 6.12. The lowest BCUT2D eigenvalue weighted by atomic mass is 9.89. The molecule has 0 aliphatic rings. The molecule has 1 rings (SSSR count). The molecule has 16 heavy (non-hydrogen) atoms. The number of rotatable bonds is 3. The summed E-state index contributed by atoms with van der Waals surface area (Å²) < 4.78 is 0. The fourth-order valence-corrected chi connectivity index (χ4v) is 2.09. The molecular formula is C13H17BrCl2. The van der Waals surface area contributed by atoms with Crippen LogP contribution in [0.5, 0.6) is 0 Å². The molecule has 0 spiro atoms. The molecule has 0 nitrogen and oxygen atoms in total. The smallest absolute Gasteiger partial charge is 0.0439 e. The Bertz CT molecular complexity index is 355. The summed E-state index contributed by atoms with van der Waals surface area (Å²) in [5.41, 5.74) is 1.40. The molecule has 1 aromatic rings. The van der Waals surface area contributed by atoms with Crippen LogP contribution in [0, 0.1) is 5.41 Å². The minimum atomic E-state index is 0.269. The summed E-state index contributed by atoms with van der Waals surface area (Å²) in [6.45, 7) is 6.68. The Kier molecular flexibility index (Phi) is 5.15. The number of benzene rings is 1. The number of hydrogen-bond donors (Lipinski definition) is 0. The van der Waals surface area contributed by atoms with Crippen LogP contribution in [0.25, 0.3) is 0 Å². The molecular weight excluding hydrogens is 307 g/mol. The predicted molar refractivity (Wildman–Crippen MR) is 77.0 cm³/mol. The van der Waals surface area contributed by atoms with E-state index in [1.165, 1.54) is 0 Å². The van der Waals surface area contributed by atoms with E-state index in [2.05, 4.69) is 36.7 Å². The molecule has 0 N–H and O–H groups in total. The minimum Gasteiger partial charge on any atom is -0.0885 e. The van der Waals surface area contributed by atoms with Crippen molar-refractivity contribution in [3.05, 3.63) is 33.8 Å². The van der Waals surface area contributed by atoms with Crippen LogP contribution in [-0.4, -0.2) is 4.83 Å². The van der Waals surface area contributed by atoms with E-state index in [0.29, 0.717) is 4.83 Å². The molecule has 0 aliphatic heterocycles. The van der Waals surface area contributed by atoms with Crippen LogP contribution in [0.2, 0.25) is 10.0 Å². The lowest BCUT2D eigenvalue weighted by Crippen LogP contribution is -2.20. The first kappa shape index (κ1) is 14.3. The normalized spacial score (nSPS) is 13.9. The van der Waals surface area contributed by atoms with E-state index in [-0.39, 0.29) is 5.41 Å². The number of hydrogen-bond acceptors (Lipinski definition) is 0. The average Bonchev–Trinajstić information content (AvgIpc) is 2.17. The van der Waals surface area contributed by atoms with Gasteiger partial charge in [-0.1, -0.05) is 59.9 Å². The van der Waals surface area contributed by atoms with Crippen molar-refractivity contribution in [1.82, 2.24) is 0 Å². The SMILES string of the molecule is CC(C)(C)C(Br)CCc1cc(Cl)ccc1Cl. The Morgan fingerprint density at radius 1 is 1.25 bits per heavy atom. The summed E-state index contributed by atoms with van der Waals surface area (Å²) >= 11 is 15.8. The maximum atomic E-state index is 6.12. The molecule has 1 unspecified atom stereocenters. The Morgan fingerprint density at radius 2 is 1.88 bits per heavy atom. The van der Waals surface area contributed by atoms with E-state index in [1.807, 2.05) is 18.2 Å². The second-order valence-corrected chi connectivity index (χ2v) is 7.06. The molecule has 0 fully saturated rings. The fourth-order valence-electron chi connectivity index (χ4n) is 1.45. The third-order valence-electron chi connectivity index (χ3n) is 2.61. The highest BCUT2D eigenvalue weighted by Crippen LogP contribution is 2.31. The Morgan fingerprint density at radius 3 is 2.44 bits per heavy atom. The van der Waals surface area contributed by atoms with Gasteiger partial charge in [0.05, 0.1) is 0 Å². The Labute approximate surface area is 116 Å². The van der Waals surface area contributed by atoms with E-state index >= 15 is 0 Å². The standard InChI is InChI=1S/C13H17BrCl2/c1-13(2,3)12(14)7-4-9-8-10(15)5-6-11(9)16/h5-6,8,12H,4,7H2,1-3H3. The van der Waals surface area contributed by atoms with Gasteiger partial charge in [0.1, 0.15) is 0 Å². The van der Waals surface area contributed by atoms with Crippen molar-refractivity contribution in [3.63, 3.8) is 0 Å². The number of halogens is 3. The summed E-state index contributed by atoms with van der Waals surface area (Å²) in [6.07, 6.45) is 2.01. The molecule has 1 atom stereocenters. The first-order valence-corrected chi connectivity index (χ1v) is 7.06. The zero-order chi connectivity index (χ0) is 12.3. The second kappa shape index (κ2) is 5.75. The van der Waals surface area contributed by atoms with Crippen molar-refractivity contribution >= 4 is 39.1 Å². The van der Waals surface area contributed by atoms with E-state index in [4.69, 9.17) is 23.2 Å². The third-order valence-corrected chi connectivity index (χ3v) is 5.05.